The lowest BCUT2D eigenvalue weighted by Crippen LogP contribution is -2.28. The summed E-state index contributed by atoms with van der Waals surface area (Å²) in [6, 6.07) is 0. The maximum atomic E-state index is 11.3. The van der Waals surface area contributed by atoms with E-state index in [-0.39, 0.29) is 12.0 Å². The molecular formula is C11H23NO2S. The Morgan fingerprint density at radius 2 is 2.00 bits per heavy atom. The van der Waals surface area contributed by atoms with Crippen molar-refractivity contribution >= 4 is 17.7 Å². The minimum atomic E-state index is -0.334. The molecule has 0 radical (unpaired) electrons. The van der Waals surface area contributed by atoms with Gasteiger partial charge in [-0.15, -0.1) is 0 Å². The second-order valence-corrected chi connectivity index (χ2v) is 5.33. The third kappa shape index (κ3) is 11.7. The van der Waals surface area contributed by atoms with Gasteiger partial charge in [0.1, 0.15) is 0 Å². The zero-order chi connectivity index (χ0) is 11.7. The van der Waals surface area contributed by atoms with Crippen molar-refractivity contribution in [3.63, 3.8) is 0 Å². The van der Waals surface area contributed by atoms with Crippen LogP contribution in [0.5, 0.6) is 0 Å². The number of aliphatic hydroxyl groups excluding tert-OH is 1. The van der Waals surface area contributed by atoms with Gasteiger partial charge >= 0.3 is 0 Å². The topological polar surface area (TPSA) is 49.3 Å². The molecule has 1 atom stereocenters. The first-order valence-corrected chi connectivity index (χ1v) is 6.70. The second kappa shape index (κ2) is 9.04. The zero-order valence-corrected chi connectivity index (χ0v) is 10.8. The molecule has 90 valence electrons. The van der Waals surface area contributed by atoms with Gasteiger partial charge in [0.2, 0.25) is 5.91 Å². The van der Waals surface area contributed by atoms with E-state index in [9.17, 15) is 4.79 Å². The molecule has 0 fully saturated rings. The van der Waals surface area contributed by atoms with Crippen molar-refractivity contribution in [2.45, 2.75) is 39.7 Å². The molecule has 0 aromatic heterocycles. The summed E-state index contributed by atoms with van der Waals surface area (Å²) in [5, 5.41) is 11.8. The molecule has 0 aromatic carbocycles. The normalized spacial score (nSPS) is 12.9. The molecule has 0 aliphatic carbocycles. The number of amides is 1. The highest BCUT2D eigenvalue weighted by molar-refractivity contribution is 7.99. The Hall–Kier alpha value is -0.220. The molecule has 0 saturated heterocycles. The van der Waals surface area contributed by atoms with E-state index in [1.54, 1.807) is 18.7 Å². The monoisotopic (exact) mass is 233 g/mol. The molecule has 1 amide bonds. The first-order chi connectivity index (χ1) is 7.02. The Bertz CT molecular complexity index is 172. The second-order valence-electron chi connectivity index (χ2n) is 4.22. The minimum absolute atomic E-state index is 0.0735. The average molecular weight is 233 g/mol. The summed E-state index contributed by atoms with van der Waals surface area (Å²) in [5.41, 5.74) is 0. The molecule has 0 rings (SSSR count). The maximum Gasteiger partial charge on any atom is 0.229 e. The van der Waals surface area contributed by atoms with Crippen LogP contribution in [0.2, 0.25) is 0 Å². The Morgan fingerprint density at radius 3 is 2.53 bits per heavy atom. The molecule has 4 heteroatoms. The highest BCUT2D eigenvalue weighted by Crippen LogP contribution is 2.07. The first kappa shape index (κ1) is 14.8. The van der Waals surface area contributed by atoms with Crippen LogP contribution in [0.25, 0.3) is 0 Å². The molecule has 0 bridgehead atoms. The van der Waals surface area contributed by atoms with E-state index in [0.717, 1.165) is 12.2 Å². The number of aliphatic hydroxyl groups is 1. The van der Waals surface area contributed by atoms with Crippen LogP contribution in [0.15, 0.2) is 0 Å². The van der Waals surface area contributed by atoms with Crippen LogP contribution < -0.4 is 5.32 Å². The van der Waals surface area contributed by atoms with Crippen LogP contribution in [-0.4, -0.2) is 35.2 Å². The summed E-state index contributed by atoms with van der Waals surface area (Å²) in [4.78, 5) is 11.3. The van der Waals surface area contributed by atoms with E-state index < -0.39 is 0 Å². The van der Waals surface area contributed by atoms with Gasteiger partial charge in [-0.2, -0.15) is 11.8 Å². The lowest BCUT2D eigenvalue weighted by molar-refractivity contribution is -0.118. The van der Waals surface area contributed by atoms with Crippen LogP contribution in [-0.2, 0) is 4.79 Å². The van der Waals surface area contributed by atoms with Gasteiger partial charge in [-0.25, -0.2) is 0 Å². The molecule has 2 N–H and O–H groups in total. The van der Waals surface area contributed by atoms with Gasteiger partial charge in [-0.3, -0.25) is 4.79 Å². The number of hydrogen-bond acceptors (Lipinski definition) is 3. The van der Waals surface area contributed by atoms with Crippen molar-refractivity contribution in [3.05, 3.63) is 0 Å². The van der Waals surface area contributed by atoms with Gasteiger partial charge in [-0.1, -0.05) is 13.8 Å². The molecule has 0 aliphatic rings. The first-order valence-electron chi connectivity index (χ1n) is 5.55. The van der Waals surface area contributed by atoms with Crippen molar-refractivity contribution in [2.75, 3.05) is 18.1 Å². The minimum Gasteiger partial charge on any atom is -0.393 e. The van der Waals surface area contributed by atoms with E-state index in [4.69, 9.17) is 5.11 Å². The Kier molecular flexibility index (Phi) is 8.91. The summed E-state index contributed by atoms with van der Waals surface area (Å²) in [6.45, 7) is 6.66. The largest absolute Gasteiger partial charge is 0.393 e. The van der Waals surface area contributed by atoms with Gasteiger partial charge < -0.3 is 10.4 Å². The fourth-order valence-electron chi connectivity index (χ4n) is 0.955. The number of thioether (sulfide) groups is 1. The fourth-order valence-corrected chi connectivity index (χ4v) is 2.03. The van der Waals surface area contributed by atoms with Crippen LogP contribution >= 0.6 is 11.8 Å². The predicted molar refractivity (Wildman–Crippen MR) is 66.1 cm³/mol. The Balaban J connectivity index is 3.26. The molecule has 0 heterocycles. The van der Waals surface area contributed by atoms with E-state index in [1.807, 2.05) is 0 Å². The SMILES string of the molecule is CC(C)CCSCC(=O)NCCC(C)O. The lowest BCUT2D eigenvalue weighted by Gasteiger charge is -2.07. The van der Waals surface area contributed by atoms with Crippen molar-refractivity contribution in [1.82, 2.24) is 5.32 Å². The summed E-state index contributed by atoms with van der Waals surface area (Å²) in [5.74, 6) is 2.36. The number of carbonyl (C=O) groups is 1. The zero-order valence-electron chi connectivity index (χ0n) is 9.95. The summed E-state index contributed by atoms with van der Waals surface area (Å²) in [6.07, 6.45) is 1.45. The van der Waals surface area contributed by atoms with Gasteiger partial charge in [0.05, 0.1) is 11.9 Å². The predicted octanol–water partition coefficient (Wildman–Crippen LogP) is 1.65. The highest BCUT2D eigenvalue weighted by atomic mass is 32.2. The van der Waals surface area contributed by atoms with Crippen LogP contribution in [0.1, 0.15) is 33.6 Å². The molecule has 0 aromatic rings. The molecule has 0 saturated carbocycles. The third-order valence-corrected chi connectivity index (χ3v) is 2.95. The lowest BCUT2D eigenvalue weighted by atomic mass is 10.2. The Morgan fingerprint density at radius 1 is 1.33 bits per heavy atom. The molecular weight excluding hydrogens is 210 g/mol. The average Bonchev–Trinajstić information content (AvgIpc) is 2.11. The van der Waals surface area contributed by atoms with E-state index in [0.29, 0.717) is 24.6 Å². The maximum absolute atomic E-state index is 11.3. The molecule has 0 aliphatic heterocycles. The highest BCUT2D eigenvalue weighted by Gasteiger charge is 2.02. The number of carbonyl (C=O) groups excluding carboxylic acids is 1. The standard InChI is InChI=1S/C11H23NO2S/c1-9(2)5-7-15-8-11(14)12-6-4-10(3)13/h9-10,13H,4-8H2,1-3H3,(H,12,14). The smallest absolute Gasteiger partial charge is 0.229 e. The van der Waals surface area contributed by atoms with Crippen molar-refractivity contribution in [3.8, 4) is 0 Å². The molecule has 0 spiro atoms. The van der Waals surface area contributed by atoms with E-state index in [2.05, 4.69) is 19.2 Å². The molecule has 1 unspecified atom stereocenters. The Labute approximate surface area is 97.0 Å². The van der Waals surface area contributed by atoms with E-state index in [1.165, 1.54) is 0 Å². The third-order valence-electron chi connectivity index (χ3n) is 1.96. The number of rotatable bonds is 8. The van der Waals surface area contributed by atoms with Crippen LogP contribution in [0.4, 0.5) is 0 Å². The van der Waals surface area contributed by atoms with Gasteiger partial charge in [0.15, 0.2) is 0 Å². The van der Waals surface area contributed by atoms with Crippen LogP contribution in [0, 0.1) is 5.92 Å². The fraction of sp³-hybridized carbons (Fsp3) is 0.909. The van der Waals surface area contributed by atoms with Gasteiger partial charge in [0, 0.05) is 6.54 Å². The van der Waals surface area contributed by atoms with E-state index >= 15 is 0 Å². The quantitative estimate of drug-likeness (QED) is 0.627. The summed E-state index contributed by atoms with van der Waals surface area (Å²) >= 11 is 1.67. The number of hydrogen-bond donors (Lipinski definition) is 2. The van der Waals surface area contributed by atoms with Crippen LogP contribution in [0.3, 0.4) is 0 Å². The van der Waals surface area contributed by atoms with Gasteiger partial charge in [-0.05, 0) is 31.4 Å². The van der Waals surface area contributed by atoms with Crippen molar-refractivity contribution in [2.24, 2.45) is 5.92 Å². The van der Waals surface area contributed by atoms with Gasteiger partial charge in [0.25, 0.3) is 0 Å². The number of nitrogens with one attached hydrogen (secondary N) is 1. The summed E-state index contributed by atoms with van der Waals surface area (Å²) < 4.78 is 0. The van der Waals surface area contributed by atoms with Crippen molar-refractivity contribution in [1.29, 1.82) is 0 Å². The molecule has 15 heavy (non-hydrogen) atoms. The van der Waals surface area contributed by atoms with Crippen molar-refractivity contribution < 1.29 is 9.90 Å². The summed E-state index contributed by atoms with van der Waals surface area (Å²) in [7, 11) is 0. The molecule has 3 nitrogen and oxygen atoms in total.